The van der Waals surface area contributed by atoms with Gasteiger partial charge in [-0.3, -0.25) is 0 Å². The Hall–Kier alpha value is -1.58. The van der Waals surface area contributed by atoms with Crippen molar-refractivity contribution in [3.63, 3.8) is 0 Å². The minimum Gasteiger partial charge on any atom is -0.444 e. The first-order chi connectivity index (χ1) is 10.7. The summed E-state index contributed by atoms with van der Waals surface area (Å²) in [7, 11) is 2.24. The number of halogens is 1. The molecule has 2 aliphatic heterocycles. The Balaban J connectivity index is 1.60. The van der Waals surface area contributed by atoms with Crippen LogP contribution in [0.3, 0.4) is 0 Å². The van der Waals surface area contributed by atoms with Gasteiger partial charge < -0.3 is 14.6 Å². The number of hydrogen-bond donors (Lipinski definition) is 1. The van der Waals surface area contributed by atoms with Gasteiger partial charge in [0.15, 0.2) is 5.58 Å². The molecule has 5 nitrogen and oxygen atoms in total. The van der Waals surface area contributed by atoms with E-state index in [2.05, 4.69) is 38.2 Å². The van der Waals surface area contributed by atoms with Crippen molar-refractivity contribution in [2.45, 2.75) is 43.8 Å². The molecule has 2 saturated heterocycles. The van der Waals surface area contributed by atoms with Crippen LogP contribution in [-0.2, 0) is 0 Å². The zero-order chi connectivity index (χ0) is 15.3. The lowest BCUT2D eigenvalue weighted by Gasteiger charge is -2.36. The number of piperidine rings is 1. The van der Waals surface area contributed by atoms with Crippen molar-refractivity contribution in [2.75, 3.05) is 12.4 Å². The second-order valence-electron chi connectivity index (χ2n) is 6.28. The number of furan rings is 1. The van der Waals surface area contributed by atoms with Crippen LogP contribution in [0.15, 0.2) is 21.2 Å². The molecule has 2 bridgehead atoms. The van der Waals surface area contributed by atoms with E-state index in [-0.39, 0.29) is 0 Å². The van der Waals surface area contributed by atoms with E-state index >= 15 is 0 Å². The number of nitrogens with one attached hydrogen (secondary N) is 1. The maximum atomic E-state index is 8.95. The summed E-state index contributed by atoms with van der Waals surface area (Å²) >= 11 is 3.60. The average Bonchev–Trinajstić information content (AvgIpc) is 3.01. The third-order valence-corrected chi connectivity index (χ3v) is 5.87. The predicted molar refractivity (Wildman–Crippen MR) is 87.6 cm³/mol. The number of rotatable bonds is 2. The van der Waals surface area contributed by atoms with E-state index in [1.54, 1.807) is 12.3 Å². The predicted octanol–water partition coefficient (Wildman–Crippen LogP) is 3.50. The first kappa shape index (κ1) is 14.0. The van der Waals surface area contributed by atoms with E-state index in [0.717, 1.165) is 28.5 Å². The molecule has 2 aliphatic rings. The summed E-state index contributed by atoms with van der Waals surface area (Å²) in [5.74, 6) is 1.15. The lowest BCUT2D eigenvalue weighted by molar-refractivity contribution is 0.168. The van der Waals surface area contributed by atoms with Crippen molar-refractivity contribution in [1.82, 2.24) is 9.88 Å². The van der Waals surface area contributed by atoms with Gasteiger partial charge in [0.1, 0.15) is 11.9 Å². The van der Waals surface area contributed by atoms with Crippen LogP contribution >= 0.6 is 15.9 Å². The molecular weight excluding hydrogens is 344 g/mol. The number of hydrogen-bond acceptors (Lipinski definition) is 5. The van der Waals surface area contributed by atoms with Gasteiger partial charge in [0, 0.05) is 29.6 Å². The maximum absolute atomic E-state index is 8.95. The highest BCUT2D eigenvalue weighted by atomic mass is 79.9. The van der Waals surface area contributed by atoms with Gasteiger partial charge in [0.2, 0.25) is 5.76 Å². The summed E-state index contributed by atoms with van der Waals surface area (Å²) in [6, 6.07) is 5.62. The van der Waals surface area contributed by atoms with Gasteiger partial charge in [-0.15, -0.1) is 0 Å². The third kappa shape index (κ3) is 2.20. The van der Waals surface area contributed by atoms with Gasteiger partial charge in [-0.2, -0.15) is 5.26 Å². The standard InChI is InChI=1S/C16H17BrN4O/c1-21-10-2-3-11(21)5-9(4-10)20-16-15(17)13-6-12(7-18)22-14(13)8-19-16/h6,8-11H,2-5H2,1H3,(H,19,20). The molecule has 2 fully saturated rings. The second kappa shape index (κ2) is 5.25. The normalized spacial score (nSPS) is 28.0. The first-order valence-electron chi connectivity index (χ1n) is 7.62. The molecule has 2 atom stereocenters. The molecule has 114 valence electrons. The summed E-state index contributed by atoms with van der Waals surface area (Å²) in [5, 5.41) is 13.4. The molecule has 2 aromatic rings. The Labute approximate surface area is 137 Å². The highest BCUT2D eigenvalue weighted by Crippen LogP contribution is 2.37. The number of pyridine rings is 1. The Morgan fingerprint density at radius 1 is 1.41 bits per heavy atom. The number of aromatic nitrogens is 1. The van der Waals surface area contributed by atoms with Crippen LogP contribution in [0, 0.1) is 11.3 Å². The monoisotopic (exact) mass is 360 g/mol. The van der Waals surface area contributed by atoms with Gasteiger partial charge in [0.25, 0.3) is 0 Å². The Morgan fingerprint density at radius 2 is 2.14 bits per heavy atom. The van der Waals surface area contributed by atoms with E-state index in [1.165, 1.54) is 12.8 Å². The summed E-state index contributed by atoms with van der Waals surface area (Å²) in [5.41, 5.74) is 0.637. The van der Waals surface area contributed by atoms with Gasteiger partial charge in [-0.25, -0.2) is 4.98 Å². The highest BCUT2D eigenvalue weighted by molar-refractivity contribution is 9.10. The van der Waals surface area contributed by atoms with Gasteiger partial charge >= 0.3 is 0 Å². The molecule has 4 rings (SSSR count). The van der Waals surface area contributed by atoms with E-state index in [1.807, 2.05) is 6.07 Å². The molecule has 4 heterocycles. The molecule has 2 aromatic heterocycles. The van der Waals surface area contributed by atoms with Crippen LogP contribution in [0.4, 0.5) is 5.82 Å². The maximum Gasteiger partial charge on any atom is 0.204 e. The lowest BCUT2D eigenvalue weighted by atomic mass is 9.98. The molecule has 0 saturated carbocycles. The van der Waals surface area contributed by atoms with E-state index < -0.39 is 0 Å². The van der Waals surface area contributed by atoms with Gasteiger partial charge in [-0.05, 0) is 48.7 Å². The number of nitrogens with zero attached hydrogens (tertiary/aromatic N) is 3. The smallest absolute Gasteiger partial charge is 0.204 e. The molecule has 6 heteroatoms. The van der Waals surface area contributed by atoms with E-state index in [0.29, 0.717) is 29.5 Å². The molecule has 0 spiro atoms. The summed E-state index contributed by atoms with van der Waals surface area (Å²) in [4.78, 5) is 6.99. The molecule has 0 aromatic carbocycles. The summed E-state index contributed by atoms with van der Waals surface area (Å²) in [6.07, 6.45) is 6.62. The third-order valence-electron chi connectivity index (χ3n) is 5.07. The zero-order valence-electron chi connectivity index (χ0n) is 12.3. The topological polar surface area (TPSA) is 65.1 Å². The minimum atomic E-state index is 0.312. The molecule has 0 amide bonds. The molecule has 0 radical (unpaired) electrons. The molecule has 2 unspecified atom stereocenters. The van der Waals surface area contributed by atoms with E-state index in [9.17, 15) is 0 Å². The Morgan fingerprint density at radius 3 is 2.82 bits per heavy atom. The molecule has 0 aliphatic carbocycles. The van der Waals surface area contributed by atoms with Crippen molar-refractivity contribution >= 4 is 32.7 Å². The minimum absolute atomic E-state index is 0.312. The Bertz CT molecular complexity index is 751. The molecule has 22 heavy (non-hydrogen) atoms. The number of fused-ring (bicyclic) bond motifs is 3. The van der Waals surface area contributed by atoms with Crippen LogP contribution in [0.5, 0.6) is 0 Å². The van der Waals surface area contributed by atoms with Crippen LogP contribution < -0.4 is 5.32 Å². The summed E-state index contributed by atoms with van der Waals surface area (Å²) in [6.45, 7) is 0. The van der Waals surface area contributed by atoms with Crippen molar-refractivity contribution in [1.29, 1.82) is 5.26 Å². The fourth-order valence-electron chi connectivity index (χ4n) is 3.86. The summed E-state index contributed by atoms with van der Waals surface area (Å²) < 4.78 is 6.29. The average molecular weight is 361 g/mol. The first-order valence-corrected chi connectivity index (χ1v) is 8.41. The van der Waals surface area contributed by atoms with Crippen molar-refractivity contribution in [3.05, 3.63) is 22.5 Å². The van der Waals surface area contributed by atoms with Crippen LogP contribution in [0.1, 0.15) is 31.4 Å². The van der Waals surface area contributed by atoms with Crippen LogP contribution in [-0.4, -0.2) is 35.1 Å². The fourth-order valence-corrected chi connectivity index (χ4v) is 4.39. The largest absolute Gasteiger partial charge is 0.444 e. The molecule has 1 N–H and O–H groups in total. The van der Waals surface area contributed by atoms with Gasteiger partial charge in [0.05, 0.1) is 10.7 Å². The Kier molecular flexibility index (Phi) is 3.35. The van der Waals surface area contributed by atoms with Crippen LogP contribution in [0.2, 0.25) is 0 Å². The van der Waals surface area contributed by atoms with Crippen LogP contribution in [0.25, 0.3) is 11.0 Å². The SMILES string of the molecule is CN1C2CCC1CC(Nc1ncc3oc(C#N)cc3c1Br)C2. The number of anilines is 1. The molecular formula is C16H17BrN4O. The lowest BCUT2D eigenvalue weighted by Crippen LogP contribution is -2.44. The van der Waals surface area contributed by atoms with Crippen molar-refractivity contribution < 1.29 is 4.42 Å². The second-order valence-corrected chi connectivity index (χ2v) is 7.08. The van der Waals surface area contributed by atoms with Gasteiger partial charge in [-0.1, -0.05) is 0 Å². The zero-order valence-corrected chi connectivity index (χ0v) is 13.9. The fraction of sp³-hybridized carbons (Fsp3) is 0.500. The van der Waals surface area contributed by atoms with Crippen molar-refractivity contribution in [3.8, 4) is 6.07 Å². The van der Waals surface area contributed by atoms with E-state index in [4.69, 9.17) is 9.68 Å². The highest BCUT2D eigenvalue weighted by Gasteiger charge is 2.38. The number of nitriles is 1. The quantitative estimate of drug-likeness (QED) is 0.887. The van der Waals surface area contributed by atoms with Crippen molar-refractivity contribution in [2.24, 2.45) is 0 Å².